The number of nitrogens with zero attached hydrogens (tertiary/aromatic N) is 1. The molecule has 1 rings (SSSR count). The Hall–Kier alpha value is -1.52. The molecule has 1 aromatic carbocycles. The van der Waals surface area contributed by atoms with E-state index in [0.717, 1.165) is 0 Å². The van der Waals surface area contributed by atoms with Crippen molar-refractivity contribution >= 4 is 15.9 Å². The number of hydrogen-bond donors (Lipinski definition) is 0. The highest BCUT2D eigenvalue weighted by atomic mass is 79.9. The molecule has 15 heavy (non-hydrogen) atoms. The highest BCUT2D eigenvalue weighted by Crippen LogP contribution is 2.28. The van der Waals surface area contributed by atoms with E-state index >= 15 is 0 Å². The van der Waals surface area contributed by atoms with Gasteiger partial charge in [0.15, 0.2) is 11.6 Å². The van der Waals surface area contributed by atoms with Crippen LogP contribution in [0.4, 0.5) is 4.39 Å². The lowest BCUT2D eigenvalue weighted by Crippen LogP contribution is -1.99. The third-order valence-corrected chi connectivity index (χ3v) is 2.45. The molecule has 0 aliphatic carbocycles. The number of benzene rings is 1. The summed E-state index contributed by atoms with van der Waals surface area (Å²) in [5.41, 5.74) is 0.233. The van der Waals surface area contributed by atoms with Crippen LogP contribution in [-0.2, 0) is 0 Å². The smallest absolute Gasteiger partial charge is 0.180 e. The van der Waals surface area contributed by atoms with Gasteiger partial charge >= 0.3 is 0 Å². The maximum absolute atomic E-state index is 13.5. The molecule has 4 heteroatoms. The summed E-state index contributed by atoms with van der Waals surface area (Å²) in [6, 6.07) is 4.75. The number of terminal acetylenes is 1. The molecule has 0 heterocycles. The fourth-order valence-electron chi connectivity index (χ4n) is 0.949. The first-order chi connectivity index (χ1) is 7.20. The largest absolute Gasteiger partial charge is 0.489 e. The highest BCUT2D eigenvalue weighted by molar-refractivity contribution is 9.10. The lowest BCUT2D eigenvalue weighted by atomic mass is 10.2. The molecule has 0 spiro atoms. The summed E-state index contributed by atoms with van der Waals surface area (Å²) in [6.07, 6.45) is 5.44. The van der Waals surface area contributed by atoms with Gasteiger partial charge in [-0.25, -0.2) is 4.39 Å². The third kappa shape index (κ3) is 2.71. The van der Waals surface area contributed by atoms with Crippen molar-refractivity contribution in [1.29, 1.82) is 5.26 Å². The van der Waals surface area contributed by atoms with Crippen LogP contribution < -0.4 is 4.74 Å². The van der Waals surface area contributed by atoms with Crippen LogP contribution in [0.2, 0.25) is 0 Å². The fourth-order valence-corrected chi connectivity index (χ4v) is 1.37. The fraction of sp³-hybridized carbons (Fsp3) is 0.182. The van der Waals surface area contributed by atoms with E-state index < -0.39 is 5.82 Å². The summed E-state index contributed by atoms with van der Waals surface area (Å²) in [5.74, 6) is 1.90. The van der Waals surface area contributed by atoms with Gasteiger partial charge in [-0.1, -0.05) is 0 Å². The van der Waals surface area contributed by atoms with Crippen molar-refractivity contribution in [3.63, 3.8) is 0 Å². The first kappa shape index (κ1) is 11.6. The first-order valence-corrected chi connectivity index (χ1v) is 4.94. The van der Waals surface area contributed by atoms with Gasteiger partial charge in [0.1, 0.15) is 6.07 Å². The van der Waals surface area contributed by atoms with Gasteiger partial charge in [-0.3, -0.25) is 0 Å². The maximum Gasteiger partial charge on any atom is 0.180 e. The van der Waals surface area contributed by atoms with E-state index in [1.165, 1.54) is 12.1 Å². The molecule has 0 fully saturated rings. The molecule has 0 bridgehead atoms. The normalized spacial score (nSPS) is 9.07. The first-order valence-electron chi connectivity index (χ1n) is 4.15. The van der Waals surface area contributed by atoms with Crippen LogP contribution in [-0.4, -0.2) is 6.61 Å². The quantitative estimate of drug-likeness (QED) is 0.623. The third-order valence-electron chi connectivity index (χ3n) is 1.67. The Morgan fingerprint density at radius 3 is 2.87 bits per heavy atom. The summed E-state index contributed by atoms with van der Waals surface area (Å²) in [7, 11) is 0. The molecule has 76 valence electrons. The van der Waals surface area contributed by atoms with E-state index in [1.54, 1.807) is 0 Å². The average molecular weight is 268 g/mol. The average Bonchev–Trinajstić information content (AvgIpc) is 2.25. The minimum Gasteiger partial charge on any atom is -0.489 e. The van der Waals surface area contributed by atoms with Gasteiger partial charge in [0.05, 0.1) is 16.6 Å². The Bertz CT molecular complexity index is 445. The molecule has 0 aliphatic heterocycles. The second kappa shape index (κ2) is 5.38. The van der Waals surface area contributed by atoms with Gasteiger partial charge in [-0.2, -0.15) is 5.26 Å². The lowest BCUT2D eigenvalue weighted by molar-refractivity contribution is 0.309. The molecule has 0 saturated carbocycles. The Labute approximate surface area is 95.8 Å². The monoisotopic (exact) mass is 267 g/mol. The second-order valence-electron chi connectivity index (χ2n) is 2.65. The van der Waals surface area contributed by atoms with E-state index in [4.69, 9.17) is 16.4 Å². The van der Waals surface area contributed by atoms with Gasteiger partial charge in [-0.05, 0) is 28.1 Å². The van der Waals surface area contributed by atoms with Crippen LogP contribution in [0.5, 0.6) is 5.75 Å². The van der Waals surface area contributed by atoms with Crippen LogP contribution in [0, 0.1) is 29.5 Å². The zero-order valence-electron chi connectivity index (χ0n) is 7.76. The van der Waals surface area contributed by atoms with E-state index in [0.29, 0.717) is 6.42 Å². The van der Waals surface area contributed by atoms with Crippen molar-refractivity contribution in [2.24, 2.45) is 0 Å². The Morgan fingerprint density at radius 1 is 1.53 bits per heavy atom. The van der Waals surface area contributed by atoms with Crippen molar-refractivity contribution in [2.75, 3.05) is 6.61 Å². The molecule has 0 amide bonds. The van der Waals surface area contributed by atoms with Gasteiger partial charge < -0.3 is 4.74 Å². The standard InChI is InChI=1S/C11H7BrFNO/c1-2-3-6-15-9-5-4-8(7-14)10(12)11(9)13/h1,4-5H,3,6H2. The van der Waals surface area contributed by atoms with Gasteiger partial charge in [0.2, 0.25) is 0 Å². The maximum atomic E-state index is 13.5. The van der Waals surface area contributed by atoms with Crippen molar-refractivity contribution in [3.05, 3.63) is 28.0 Å². The van der Waals surface area contributed by atoms with Crippen LogP contribution >= 0.6 is 15.9 Å². The van der Waals surface area contributed by atoms with Gasteiger partial charge in [0.25, 0.3) is 0 Å². The highest BCUT2D eigenvalue weighted by Gasteiger charge is 2.11. The Kier molecular flexibility index (Phi) is 4.15. The Balaban J connectivity index is 2.89. The second-order valence-corrected chi connectivity index (χ2v) is 3.45. The molecular formula is C11H7BrFNO. The summed E-state index contributed by atoms with van der Waals surface area (Å²) in [5, 5.41) is 8.63. The van der Waals surface area contributed by atoms with Crippen molar-refractivity contribution in [1.82, 2.24) is 0 Å². The predicted octanol–water partition coefficient (Wildman–Crippen LogP) is 2.86. The SMILES string of the molecule is C#CCCOc1ccc(C#N)c(Br)c1F. The van der Waals surface area contributed by atoms with Crippen LogP contribution in [0.25, 0.3) is 0 Å². The number of halogens is 2. The zero-order chi connectivity index (χ0) is 11.3. The molecular weight excluding hydrogens is 261 g/mol. The van der Waals surface area contributed by atoms with Crippen LogP contribution in [0.15, 0.2) is 16.6 Å². The number of rotatable bonds is 3. The molecule has 0 aliphatic rings. The van der Waals surface area contributed by atoms with Crippen LogP contribution in [0.1, 0.15) is 12.0 Å². The molecule has 0 radical (unpaired) electrons. The van der Waals surface area contributed by atoms with Crippen molar-refractivity contribution in [2.45, 2.75) is 6.42 Å². The van der Waals surface area contributed by atoms with Crippen molar-refractivity contribution < 1.29 is 9.13 Å². The molecule has 2 nitrogen and oxygen atoms in total. The minimum absolute atomic E-state index is 0.0936. The van der Waals surface area contributed by atoms with Gasteiger partial charge in [0, 0.05) is 6.42 Å². The predicted molar refractivity (Wildman–Crippen MR) is 57.8 cm³/mol. The van der Waals surface area contributed by atoms with E-state index in [2.05, 4.69) is 21.9 Å². The summed E-state index contributed by atoms with van der Waals surface area (Å²) in [4.78, 5) is 0. The number of nitriles is 1. The molecule has 1 aromatic rings. The molecule has 0 saturated heterocycles. The topological polar surface area (TPSA) is 33.0 Å². The molecule has 0 N–H and O–H groups in total. The van der Waals surface area contributed by atoms with E-state index in [1.807, 2.05) is 6.07 Å². The molecule has 0 aromatic heterocycles. The van der Waals surface area contributed by atoms with E-state index in [-0.39, 0.29) is 22.4 Å². The van der Waals surface area contributed by atoms with Gasteiger partial charge in [-0.15, -0.1) is 12.3 Å². The number of ether oxygens (including phenoxy) is 1. The van der Waals surface area contributed by atoms with E-state index in [9.17, 15) is 4.39 Å². The summed E-state index contributed by atoms with van der Waals surface area (Å²) >= 11 is 2.98. The summed E-state index contributed by atoms with van der Waals surface area (Å²) < 4.78 is 18.7. The summed E-state index contributed by atoms with van der Waals surface area (Å²) in [6.45, 7) is 0.256. The minimum atomic E-state index is -0.578. The molecule has 0 unspecified atom stereocenters. The van der Waals surface area contributed by atoms with Crippen molar-refractivity contribution in [3.8, 4) is 24.2 Å². The molecule has 0 atom stereocenters. The zero-order valence-corrected chi connectivity index (χ0v) is 9.34. The lowest BCUT2D eigenvalue weighted by Gasteiger charge is -2.06. The Morgan fingerprint density at radius 2 is 2.27 bits per heavy atom. The van der Waals surface area contributed by atoms with Crippen LogP contribution in [0.3, 0.4) is 0 Å². The number of hydrogen-bond acceptors (Lipinski definition) is 2.